The highest BCUT2D eigenvalue weighted by molar-refractivity contribution is 5.68. The fraction of sp³-hybridized carbons (Fsp3) is 0.818. The van der Waals surface area contributed by atoms with Crippen LogP contribution in [-0.2, 0) is 4.74 Å². The molecule has 4 nitrogen and oxygen atoms in total. The highest BCUT2D eigenvalue weighted by atomic mass is 16.6. The molecule has 0 atom stereocenters. The molecule has 1 aliphatic heterocycles. The summed E-state index contributed by atoms with van der Waals surface area (Å²) in [4.78, 5) is 12.7. The Hall–Kier alpha value is -0.770. The zero-order valence-electron chi connectivity index (χ0n) is 9.93. The van der Waals surface area contributed by atoms with E-state index in [1.807, 2.05) is 20.8 Å². The summed E-state index contributed by atoms with van der Waals surface area (Å²) < 4.78 is 5.19. The maximum Gasteiger partial charge on any atom is 0.407 e. The molecule has 0 radical (unpaired) electrons. The average Bonchev–Trinajstić information content (AvgIpc) is 2.05. The standard InChI is InChI=1S/C11H22N2O2/c1-11(2,3)15-10(14)12-9-5-7-13(4)8-6-9/h9,13H,4-8H2,1-3H3,(H,12,14). The second-order valence-electron chi connectivity index (χ2n) is 5.17. The number of alkyl carbamates (subject to hydrolysis) is 1. The van der Waals surface area contributed by atoms with Crippen molar-refractivity contribution in [2.75, 3.05) is 13.1 Å². The number of hydrogen-bond acceptors (Lipinski definition) is 2. The van der Waals surface area contributed by atoms with E-state index in [1.54, 1.807) is 0 Å². The fourth-order valence-electron chi connectivity index (χ4n) is 1.64. The summed E-state index contributed by atoms with van der Waals surface area (Å²) in [5, 5.41) is 2.89. The Balaban J connectivity index is 2.27. The lowest BCUT2D eigenvalue weighted by Gasteiger charge is -2.31. The van der Waals surface area contributed by atoms with E-state index in [0.29, 0.717) is 0 Å². The normalized spacial score (nSPS) is 27.2. The summed E-state index contributed by atoms with van der Waals surface area (Å²) in [5.74, 6) is 0. The lowest BCUT2D eigenvalue weighted by molar-refractivity contribution is -0.859. The van der Waals surface area contributed by atoms with Gasteiger partial charge in [-0.1, -0.05) is 0 Å². The third-order valence-corrected chi connectivity index (χ3v) is 2.41. The van der Waals surface area contributed by atoms with Gasteiger partial charge in [-0.05, 0) is 20.8 Å². The zero-order chi connectivity index (χ0) is 11.5. The summed E-state index contributed by atoms with van der Waals surface area (Å²) in [6.45, 7) is 7.64. The molecule has 1 amide bonds. The first-order valence-corrected chi connectivity index (χ1v) is 5.53. The molecule has 0 unspecified atom stereocenters. The topological polar surface area (TPSA) is 42.8 Å². The van der Waals surface area contributed by atoms with Crippen LogP contribution in [0.5, 0.6) is 0 Å². The van der Waals surface area contributed by atoms with Crippen molar-refractivity contribution in [3.63, 3.8) is 0 Å². The van der Waals surface area contributed by atoms with Crippen molar-refractivity contribution in [3.8, 4) is 0 Å². The zero-order valence-corrected chi connectivity index (χ0v) is 9.93. The molecule has 0 bridgehead atoms. The molecule has 1 heterocycles. The van der Waals surface area contributed by atoms with Crippen LogP contribution in [0, 0.1) is 7.05 Å². The fourth-order valence-corrected chi connectivity index (χ4v) is 1.64. The van der Waals surface area contributed by atoms with Crippen LogP contribution < -0.4 is 10.2 Å². The van der Waals surface area contributed by atoms with Gasteiger partial charge in [0.15, 0.2) is 0 Å². The van der Waals surface area contributed by atoms with Gasteiger partial charge in [-0.2, -0.15) is 7.05 Å². The Kier molecular flexibility index (Phi) is 3.97. The average molecular weight is 214 g/mol. The Morgan fingerprint density at radius 1 is 1.40 bits per heavy atom. The minimum Gasteiger partial charge on any atom is -0.468 e. The first-order valence-electron chi connectivity index (χ1n) is 5.53. The third kappa shape index (κ3) is 5.02. The Bertz CT molecular complexity index is 215. The number of carbonyl (C=O) groups excluding carboxylic acids is 1. The van der Waals surface area contributed by atoms with Gasteiger partial charge in [-0.3, -0.25) is 0 Å². The van der Waals surface area contributed by atoms with Gasteiger partial charge in [0.2, 0.25) is 0 Å². The molecule has 0 saturated carbocycles. The van der Waals surface area contributed by atoms with Gasteiger partial charge in [0.25, 0.3) is 0 Å². The summed E-state index contributed by atoms with van der Waals surface area (Å²) in [7, 11) is 3.94. The van der Waals surface area contributed by atoms with Crippen molar-refractivity contribution >= 4 is 6.09 Å². The molecule has 88 valence electrons. The van der Waals surface area contributed by atoms with Gasteiger partial charge in [0.1, 0.15) is 5.60 Å². The second-order valence-corrected chi connectivity index (χ2v) is 5.17. The Morgan fingerprint density at radius 3 is 2.40 bits per heavy atom. The monoisotopic (exact) mass is 214 g/mol. The lowest BCUT2D eigenvalue weighted by Crippen LogP contribution is -3.08. The summed E-state index contributed by atoms with van der Waals surface area (Å²) in [6.07, 6.45) is 1.66. The third-order valence-electron chi connectivity index (χ3n) is 2.41. The molecule has 1 aliphatic rings. The van der Waals surface area contributed by atoms with Gasteiger partial charge in [0.05, 0.1) is 13.1 Å². The Labute approximate surface area is 92.0 Å². The molecular formula is C11H22N2O2. The van der Waals surface area contributed by atoms with Gasteiger partial charge in [0, 0.05) is 18.9 Å². The number of nitrogens with one attached hydrogen (secondary N) is 2. The van der Waals surface area contributed by atoms with E-state index in [0.717, 1.165) is 25.9 Å². The first-order chi connectivity index (χ1) is 6.87. The van der Waals surface area contributed by atoms with Crippen LogP contribution in [0.15, 0.2) is 0 Å². The maximum absolute atomic E-state index is 11.5. The molecular weight excluding hydrogens is 192 g/mol. The van der Waals surface area contributed by atoms with Crippen molar-refractivity contribution in [1.29, 1.82) is 0 Å². The molecule has 1 fully saturated rings. The quantitative estimate of drug-likeness (QED) is 0.619. The second kappa shape index (κ2) is 4.84. The maximum atomic E-state index is 11.5. The number of hydrogen-bond donors (Lipinski definition) is 2. The molecule has 0 aromatic heterocycles. The van der Waals surface area contributed by atoms with Gasteiger partial charge in [-0.15, -0.1) is 0 Å². The Morgan fingerprint density at radius 2 is 1.93 bits per heavy atom. The minimum absolute atomic E-state index is 0.255. The van der Waals surface area contributed by atoms with Crippen molar-refractivity contribution in [3.05, 3.63) is 7.05 Å². The van der Waals surface area contributed by atoms with Crippen LogP contribution in [0.1, 0.15) is 33.6 Å². The summed E-state index contributed by atoms with van der Waals surface area (Å²) >= 11 is 0. The van der Waals surface area contributed by atoms with Gasteiger partial charge >= 0.3 is 6.09 Å². The molecule has 2 N–H and O–H groups in total. The molecule has 15 heavy (non-hydrogen) atoms. The van der Waals surface area contributed by atoms with E-state index in [9.17, 15) is 4.79 Å². The predicted molar refractivity (Wildman–Crippen MR) is 58.4 cm³/mol. The van der Waals surface area contributed by atoms with Gasteiger partial charge in [-0.25, -0.2) is 4.79 Å². The van der Waals surface area contributed by atoms with Crippen LogP contribution in [-0.4, -0.2) is 30.8 Å². The van der Waals surface area contributed by atoms with E-state index < -0.39 is 5.60 Å². The number of likely N-dealkylation sites (tertiary alicyclic amines) is 1. The minimum atomic E-state index is -0.414. The summed E-state index contributed by atoms with van der Waals surface area (Å²) in [6, 6.07) is 0.255. The predicted octanol–water partition coefficient (Wildman–Crippen LogP) is 0.350. The lowest BCUT2D eigenvalue weighted by atomic mass is 10.1. The van der Waals surface area contributed by atoms with E-state index >= 15 is 0 Å². The van der Waals surface area contributed by atoms with Crippen LogP contribution in [0.25, 0.3) is 0 Å². The molecule has 0 aliphatic carbocycles. The van der Waals surface area contributed by atoms with Crippen molar-refractivity contribution in [2.24, 2.45) is 0 Å². The van der Waals surface area contributed by atoms with Gasteiger partial charge < -0.3 is 15.0 Å². The first kappa shape index (κ1) is 12.3. The van der Waals surface area contributed by atoms with E-state index in [1.165, 1.54) is 4.90 Å². The van der Waals surface area contributed by atoms with E-state index in [-0.39, 0.29) is 12.1 Å². The molecule has 1 rings (SSSR count). The molecule has 0 aromatic rings. The molecule has 1 saturated heterocycles. The van der Waals surface area contributed by atoms with Crippen molar-refractivity contribution in [2.45, 2.75) is 45.3 Å². The number of rotatable bonds is 1. The highest BCUT2D eigenvalue weighted by Gasteiger charge is 2.22. The van der Waals surface area contributed by atoms with Crippen molar-refractivity contribution in [1.82, 2.24) is 5.32 Å². The number of ether oxygens (including phenoxy) is 1. The van der Waals surface area contributed by atoms with E-state index in [2.05, 4.69) is 12.4 Å². The van der Waals surface area contributed by atoms with Crippen molar-refractivity contribution < 1.29 is 14.4 Å². The van der Waals surface area contributed by atoms with Crippen LogP contribution >= 0.6 is 0 Å². The molecule has 0 aromatic carbocycles. The largest absolute Gasteiger partial charge is 0.468 e. The number of carbonyl (C=O) groups is 1. The van der Waals surface area contributed by atoms with Crippen LogP contribution in [0.2, 0.25) is 0 Å². The molecule has 4 heteroatoms. The summed E-state index contributed by atoms with van der Waals surface area (Å²) in [5.41, 5.74) is -0.414. The van der Waals surface area contributed by atoms with E-state index in [4.69, 9.17) is 4.74 Å². The number of amides is 1. The number of quaternary nitrogens is 1. The van der Waals surface area contributed by atoms with Crippen LogP contribution in [0.4, 0.5) is 4.79 Å². The van der Waals surface area contributed by atoms with Crippen LogP contribution in [0.3, 0.4) is 0 Å². The SMILES string of the molecule is [CH2-][NH+]1CCC(NC(=O)OC(C)(C)C)CC1. The molecule has 0 spiro atoms. The smallest absolute Gasteiger partial charge is 0.407 e. The number of piperidine rings is 1. The highest BCUT2D eigenvalue weighted by Crippen LogP contribution is 2.08.